The fraction of sp³-hybridized carbons (Fsp3) is 0.312. The van der Waals surface area contributed by atoms with Crippen LogP contribution in [0.3, 0.4) is 0 Å². The lowest BCUT2D eigenvalue weighted by Crippen LogP contribution is -2.44. The van der Waals surface area contributed by atoms with Crippen LogP contribution in [0, 0.1) is 5.82 Å². The van der Waals surface area contributed by atoms with Crippen molar-refractivity contribution in [2.45, 2.75) is 26.3 Å². The molecule has 1 heterocycles. The van der Waals surface area contributed by atoms with Gasteiger partial charge in [0.1, 0.15) is 10.7 Å². The molecule has 0 saturated carbocycles. The first-order chi connectivity index (χ1) is 11.4. The van der Waals surface area contributed by atoms with Gasteiger partial charge in [-0.2, -0.15) is 0 Å². The van der Waals surface area contributed by atoms with E-state index >= 15 is 0 Å². The maximum atomic E-state index is 13.6. The summed E-state index contributed by atoms with van der Waals surface area (Å²) in [5.74, 6) is -1.91. The summed E-state index contributed by atoms with van der Waals surface area (Å²) in [4.78, 5) is 35.2. The van der Waals surface area contributed by atoms with E-state index in [4.69, 9.17) is 4.74 Å². The number of benzene rings is 1. The highest BCUT2D eigenvalue weighted by Crippen LogP contribution is 2.27. The Morgan fingerprint density at radius 1 is 1.33 bits per heavy atom. The van der Waals surface area contributed by atoms with Crippen molar-refractivity contribution in [3.05, 3.63) is 35.0 Å². The number of urea groups is 1. The molecule has 0 aliphatic carbocycles. The lowest BCUT2D eigenvalue weighted by molar-refractivity contribution is -0.123. The molecule has 1 atom stereocenters. The zero-order valence-electron chi connectivity index (χ0n) is 13.2. The molecule has 0 bridgehead atoms. The standard InChI is InChI=1S/C16H17FN2O4S/c1-3-9(2)18-16(22)19-14(20)8-23-15(21)13-7-10-11(17)5-4-6-12(10)24-13/h4-7,9H,3,8H2,1-2H3,(H2,18,19,20,22)/t9-/m0/s1. The average Bonchev–Trinajstić information content (AvgIpc) is 2.98. The number of halogens is 1. The molecule has 0 radical (unpaired) electrons. The maximum Gasteiger partial charge on any atom is 0.348 e. The molecule has 1 aromatic carbocycles. The summed E-state index contributed by atoms with van der Waals surface area (Å²) in [7, 11) is 0. The van der Waals surface area contributed by atoms with Crippen molar-refractivity contribution >= 4 is 39.3 Å². The number of ether oxygens (including phenoxy) is 1. The van der Waals surface area contributed by atoms with Crippen LogP contribution >= 0.6 is 11.3 Å². The zero-order chi connectivity index (χ0) is 17.7. The van der Waals surface area contributed by atoms with E-state index < -0.39 is 30.3 Å². The van der Waals surface area contributed by atoms with E-state index in [1.54, 1.807) is 19.1 Å². The molecule has 2 aromatic rings. The Morgan fingerprint density at radius 2 is 2.08 bits per heavy atom. The summed E-state index contributed by atoms with van der Waals surface area (Å²) in [5, 5.41) is 4.94. The third-order valence-corrected chi connectivity index (χ3v) is 4.37. The summed E-state index contributed by atoms with van der Waals surface area (Å²) < 4.78 is 19.1. The van der Waals surface area contributed by atoms with Crippen LogP contribution in [0.15, 0.2) is 24.3 Å². The number of nitrogens with one attached hydrogen (secondary N) is 2. The van der Waals surface area contributed by atoms with Gasteiger partial charge in [-0.15, -0.1) is 11.3 Å². The number of carbonyl (C=O) groups excluding carboxylic acids is 3. The first-order valence-electron chi connectivity index (χ1n) is 7.36. The van der Waals surface area contributed by atoms with Crippen LogP contribution in [0.2, 0.25) is 0 Å². The highest BCUT2D eigenvalue weighted by atomic mass is 32.1. The van der Waals surface area contributed by atoms with Crippen LogP contribution in [0.4, 0.5) is 9.18 Å². The highest BCUT2D eigenvalue weighted by Gasteiger charge is 2.16. The van der Waals surface area contributed by atoms with Gasteiger partial charge in [0.2, 0.25) is 0 Å². The van der Waals surface area contributed by atoms with Gasteiger partial charge in [0.05, 0.1) is 0 Å². The van der Waals surface area contributed by atoms with Crippen molar-refractivity contribution in [2.75, 3.05) is 6.61 Å². The van der Waals surface area contributed by atoms with Crippen molar-refractivity contribution in [3.63, 3.8) is 0 Å². The van der Waals surface area contributed by atoms with Crippen molar-refractivity contribution < 1.29 is 23.5 Å². The van der Waals surface area contributed by atoms with E-state index in [-0.39, 0.29) is 10.9 Å². The van der Waals surface area contributed by atoms with Crippen LogP contribution in [0.5, 0.6) is 0 Å². The fourth-order valence-corrected chi connectivity index (χ4v) is 2.82. The highest BCUT2D eigenvalue weighted by molar-refractivity contribution is 7.20. The number of hydrogen-bond acceptors (Lipinski definition) is 5. The molecule has 0 spiro atoms. The van der Waals surface area contributed by atoms with Gasteiger partial charge < -0.3 is 10.1 Å². The molecule has 8 heteroatoms. The largest absolute Gasteiger partial charge is 0.451 e. The number of imide groups is 1. The molecule has 1 aromatic heterocycles. The van der Waals surface area contributed by atoms with Crippen molar-refractivity contribution in [2.24, 2.45) is 0 Å². The molecule has 0 saturated heterocycles. The molecular weight excluding hydrogens is 335 g/mol. The quantitative estimate of drug-likeness (QED) is 0.811. The average molecular weight is 352 g/mol. The zero-order valence-corrected chi connectivity index (χ0v) is 14.0. The maximum absolute atomic E-state index is 13.6. The van der Waals surface area contributed by atoms with Crippen molar-refractivity contribution in [3.8, 4) is 0 Å². The molecule has 2 rings (SSSR count). The molecule has 128 valence electrons. The Labute approximate surface area is 142 Å². The number of carbonyl (C=O) groups is 3. The SMILES string of the molecule is CC[C@H](C)NC(=O)NC(=O)COC(=O)c1cc2c(F)cccc2s1. The van der Waals surface area contributed by atoms with Crippen molar-refractivity contribution in [1.82, 2.24) is 10.6 Å². The predicted octanol–water partition coefficient (Wildman–Crippen LogP) is 2.82. The van der Waals surface area contributed by atoms with E-state index in [2.05, 4.69) is 10.6 Å². The van der Waals surface area contributed by atoms with Gasteiger partial charge in [-0.3, -0.25) is 10.1 Å². The van der Waals surface area contributed by atoms with Crippen LogP contribution in [-0.2, 0) is 9.53 Å². The number of rotatable bonds is 5. The van der Waals surface area contributed by atoms with Crippen LogP contribution in [-0.4, -0.2) is 30.6 Å². The molecule has 3 amide bonds. The fourth-order valence-electron chi connectivity index (χ4n) is 1.85. The third-order valence-electron chi connectivity index (χ3n) is 3.29. The van der Waals surface area contributed by atoms with Gasteiger partial charge >= 0.3 is 12.0 Å². The third kappa shape index (κ3) is 4.51. The molecule has 24 heavy (non-hydrogen) atoms. The minimum atomic E-state index is -0.743. The molecule has 0 fully saturated rings. The van der Waals surface area contributed by atoms with Crippen LogP contribution in [0.1, 0.15) is 29.9 Å². The smallest absolute Gasteiger partial charge is 0.348 e. The Kier molecular flexibility index (Phi) is 5.86. The number of hydrogen-bond donors (Lipinski definition) is 2. The molecule has 0 unspecified atom stereocenters. The minimum Gasteiger partial charge on any atom is -0.451 e. The number of fused-ring (bicyclic) bond motifs is 1. The molecule has 6 nitrogen and oxygen atoms in total. The Balaban J connectivity index is 1.89. The number of amides is 3. The lowest BCUT2D eigenvalue weighted by Gasteiger charge is -2.11. The Morgan fingerprint density at radius 3 is 2.75 bits per heavy atom. The van der Waals surface area contributed by atoms with E-state index in [1.807, 2.05) is 6.92 Å². The van der Waals surface area contributed by atoms with Crippen LogP contribution in [0.25, 0.3) is 10.1 Å². The van der Waals surface area contributed by atoms with Gasteiger partial charge in [-0.1, -0.05) is 13.0 Å². The summed E-state index contributed by atoms with van der Waals surface area (Å²) in [6, 6.07) is 5.19. The van der Waals surface area contributed by atoms with Gasteiger partial charge in [-0.25, -0.2) is 14.0 Å². The second kappa shape index (κ2) is 7.87. The Hall–Kier alpha value is -2.48. The Bertz CT molecular complexity index is 775. The molecule has 0 aliphatic heterocycles. The van der Waals surface area contributed by atoms with Crippen LogP contribution < -0.4 is 10.6 Å². The number of esters is 1. The normalized spacial score (nSPS) is 11.8. The van der Waals surface area contributed by atoms with Gasteiger partial charge in [-0.05, 0) is 31.5 Å². The lowest BCUT2D eigenvalue weighted by atomic mass is 10.2. The second-order valence-electron chi connectivity index (χ2n) is 5.17. The topological polar surface area (TPSA) is 84.5 Å². The van der Waals surface area contributed by atoms with E-state index in [9.17, 15) is 18.8 Å². The van der Waals surface area contributed by atoms with Gasteiger partial charge in [0.25, 0.3) is 5.91 Å². The monoisotopic (exact) mass is 352 g/mol. The first kappa shape index (κ1) is 17.9. The first-order valence-corrected chi connectivity index (χ1v) is 8.18. The van der Waals surface area contributed by atoms with Gasteiger partial charge in [0, 0.05) is 16.1 Å². The summed E-state index contributed by atoms with van der Waals surface area (Å²) in [6.07, 6.45) is 0.721. The summed E-state index contributed by atoms with van der Waals surface area (Å²) >= 11 is 1.07. The van der Waals surface area contributed by atoms with Crippen molar-refractivity contribution in [1.29, 1.82) is 0 Å². The van der Waals surface area contributed by atoms with E-state index in [1.165, 1.54) is 12.1 Å². The molecule has 2 N–H and O–H groups in total. The molecule has 0 aliphatic rings. The molecular formula is C16H17FN2O4S. The second-order valence-corrected chi connectivity index (χ2v) is 6.25. The van der Waals surface area contributed by atoms with E-state index in [0.29, 0.717) is 10.1 Å². The summed E-state index contributed by atoms with van der Waals surface area (Å²) in [5.41, 5.74) is 0. The predicted molar refractivity (Wildman–Crippen MR) is 88.5 cm³/mol. The van der Waals surface area contributed by atoms with Gasteiger partial charge in [0.15, 0.2) is 6.61 Å². The van der Waals surface area contributed by atoms with E-state index in [0.717, 1.165) is 17.8 Å². The summed E-state index contributed by atoms with van der Waals surface area (Å²) in [6.45, 7) is 3.09. The minimum absolute atomic E-state index is 0.0752. The number of thiophene rings is 1.